The molecule has 1 aliphatic rings. The van der Waals surface area contributed by atoms with Gasteiger partial charge < -0.3 is 15.7 Å². The van der Waals surface area contributed by atoms with Gasteiger partial charge in [-0.1, -0.05) is 18.2 Å². The highest BCUT2D eigenvalue weighted by molar-refractivity contribution is 6.15. The number of benzene rings is 1. The van der Waals surface area contributed by atoms with Gasteiger partial charge in [-0.2, -0.15) is 0 Å². The molecule has 2 rings (SSSR count). The van der Waals surface area contributed by atoms with E-state index in [1.807, 2.05) is 6.07 Å². The van der Waals surface area contributed by atoms with E-state index >= 15 is 0 Å². The molecular weight excluding hydrogens is 268 g/mol. The molecule has 0 spiro atoms. The van der Waals surface area contributed by atoms with Gasteiger partial charge in [-0.3, -0.25) is 9.59 Å². The van der Waals surface area contributed by atoms with E-state index in [0.717, 1.165) is 0 Å². The highest BCUT2D eigenvalue weighted by Crippen LogP contribution is 2.08. The molecule has 6 heteroatoms. The molecule has 1 amide bonds. The molecule has 0 unspecified atom stereocenters. The monoisotopic (exact) mass is 284 g/mol. The number of hydrogen-bond donors (Lipinski definition) is 3. The predicted molar refractivity (Wildman–Crippen MR) is 73.5 cm³/mol. The molecule has 3 N–H and O–H groups in total. The zero-order chi connectivity index (χ0) is 14.3. The average Bonchev–Trinajstić information content (AvgIpc) is 2.91. The number of halogens is 1. The van der Waals surface area contributed by atoms with E-state index in [1.165, 1.54) is 6.38 Å². The SMILES string of the molecule is CCl.O=C(N[C@@H]1CN[C@@H](C(=O)O)C1)c1ccccc1. The maximum atomic E-state index is 11.8. The van der Waals surface area contributed by atoms with Gasteiger partial charge in [-0.15, -0.1) is 11.6 Å². The lowest BCUT2D eigenvalue weighted by Gasteiger charge is -2.11. The largest absolute Gasteiger partial charge is 0.480 e. The van der Waals surface area contributed by atoms with Crippen LogP contribution in [0.25, 0.3) is 0 Å². The Labute approximate surface area is 117 Å². The van der Waals surface area contributed by atoms with Crippen molar-refractivity contribution in [3.63, 3.8) is 0 Å². The number of alkyl halides is 1. The number of carboxylic acids is 1. The lowest BCUT2D eigenvalue weighted by atomic mass is 10.1. The summed E-state index contributed by atoms with van der Waals surface area (Å²) >= 11 is 4.64. The van der Waals surface area contributed by atoms with Crippen LogP contribution in [0.1, 0.15) is 16.8 Å². The summed E-state index contributed by atoms with van der Waals surface area (Å²) in [4.78, 5) is 22.5. The van der Waals surface area contributed by atoms with Crippen molar-refractivity contribution in [2.75, 3.05) is 12.9 Å². The van der Waals surface area contributed by atoms with E-state index in [-0.39, 0.29) is 11.9 Å². The molecule has 1 aromatic carbocycles. The summed E-state index contributed by atoms with van der Waals surface area (Å²) < 4.78 is 0. The predicted octanol–water partition coefficient (Wildman–Crippen LogP) is 1.09. The molecule has 0 aliphatic carbocycles. The topological polar surface area (TPSA) is 78.4 Å². The van der Waals surface area contributed by atoms with Gasteiger partial charge in [-0.05, 0) is 18.6 Å². The zero-order valence-corrected chi connectivity index (χ0v) is 11.4. The van der Waals surface area contributed by atoms with Crippen molar-refractivity contribution in [1.29, 1.82) is 0 Å². The van der Waals surface area contributed by atoms with Crippen LogP contribution in [0.15, 0.2) is 30.3 Å². The number of carbonyl (C=O) groups is 2. The molecule has 1 heterocycles. The summed E-state index contributed by atoms with van der Waals surface area (Å²) in [5.41, 5.74) is 0.589. The van der Waals surface area contributed by atoms with Crippen molar-refractivity contribution in [3.8, 4) is 0 Å². The van der Waals surface area contributed by atoms with Gasteiger partial charge >= 0.3 is 5.97 Å². The molecule has 0 bridgehead atoms. The smallest absolute Gasteiger partial charge is 0.320 e. The number of carbonyl (C=O) groups excluding carboxylic acids is 1. The van der Waals surface area contributed by atoms with Crippen molar-refractivity contribution in [1.82, 2.24) is 10.6 Å². The summed E-state index contributed by atoms with van der Waals surface area (Å²) in [6.07, 6.45) is 1.90. The number of nitrogens with one attached hydrogen (secondary N) is 2. The van der Waals surface area contributed by atoms with E-state index < -0.39 is 12.0 Å². The van der Waals surface area contributed by atoms with E-state index in [0.29, 0.717) is 18.5 Å². The van der Waals surface area contributed by atoms with Crippen molar-refractivity contribution >= 4 is 23.5 Å². The second kappa shape index (κ2) is 7.76. The number of rotatable bonds is 3. The van der Waals surface area contributed by atoms with Gasteiger partial charge in [0.05, 0.1) is 0 Å². The van der Waals surface area contributed by atoms with E-state index in [2.05, 4.69) is 22.2 Å². The van der Waals surface area contributed by atoms with Crippen molar-refractivity contribution in [2.24, 2.45) is 0 Å². The number of aliphatic carboxylic acids is 1. The molecular formula is C13H17ClN2O3. The molecule has 2 atom stereocenters. The highest BCUT2D eigenvalue weighted by Gasteiger charge is 2.29. The first kappa shape index (κ1) is 15.5. The van der Waals surface area contributed by atoms with Gasteiger partial charge in [0.25, 0.3) is 5.91 Å². The van der Waals surface area contributed by atoms with Gasteiger partial charge in [-0.25, -0.2) is 0 Å². The Kier molecular flexibility index (Phi) is 6.32. The summed E-state index contributed by atoms with van der Waals surface area (Å²) in [7, 11) is 0. The molecule has 1 saturated heterocycles. The van der Waals surface area contributed by atoms with Crippen LogP contribution in [0.3, 0.4) is 0 Å². The van der Waals surface area contributed by atoms with Crippen LogP contribution in [0.2, 0.25) is 0 Å². The van der Waals surface area contributed by atoms with Crippen molar-refractivity contribution in [2.45, 2.75) is 18.5 Å². The molecule has 0 aromatic heterocycles. The third kappa shape index (κ3) is 4.54. The molecule has 104 valence electrons. The standard InChI is InChI=1S/C12H14N2O3.CH3Cl/c15-11(8-4-2-1-3-5-8)14-9-6-10(12(16)17)13-7-9;1-2/h1-5,9-10,13H,6-7H2,(H,14,15)(H,16,17);1H3/t9-,10+;/m0./s1. The minimum atomic E-state index is -0.874. The van der Waals surface area contributed by atoms with Crippen LogP contribution in [-0.4, -0.2) is 42.0 Å². The van der Waals surface area contributed by atoms with E-state index in [1.54, 1.807) is 24.3 Å². The number of hydrogen-bond acceptors (Lipinski definition) is 3. The summed E-state index contributed by atoms with van der Waals surface area (Å²) in [6.45, 7) is 0.496. The molecule has 1 aromatic rings. The molecule has 1 aliphatic heterocycles. The van der Waals surface area contributed by atoms with Crippen LogP contribution in [-0.2, 0) is 4.79 Å². The fourth-order valence-electron chi connectivity index (χ4n) is 1.89. The first-order valence-corrected chi connectivity index (χ1v) is 6.62. The first-order valence-electron chi connectivity index (χ1n) is 5.86. The van der Waals surface area contributed by atoms with E-state index in [4.69, 9.17) is 5.11 Å². The molecule has 1 fully saturated rings. The Bertz CT molecular complexity index is 425. The molecule has 19 heavy (non-hydrogen) atoms. The van der Waals surface area contributed by atoms with Gasteiger partial charge in [0, 0.05) is 24.5 Å². The molecule has 5 nitrogen and oxygen atoms in total. The summed E-state index contributed by atoms with van der Waals surface area (Å²) in [5.74, 6) is -1.04. The van der Waals surface area contributed by atoms with Gasteiger partial charge in [0.2, 0.25) is 0 Å². The van der Waals surface area contributed by atoms with Crippen LogP contribution < -0.4 is 10.6 Å². The Morgan fingerprint density at radius 3 is 2.47 bits per heavy atom. The summed E-state index contributed by atoms with van der Waals surface area (Å²) in [5, 5.41) is 14.5. The van der Waals surface area contributed by atoms with Crippen molar-refractivity contribution < 1.29 is 14.7 Å². The van der Waals surface area contributed by atoms with E-state index in [9.17, 15) is 9.59 Å². The molecule has 0 radical (unpaired) electrons. The lowest BCUT2D eigenvalue weighted by molar-refractivity contribution is -0.139. The quantitative estimate of drug-likeness (QED) is 0.726. The van der Waals surface area contributed by atoms with Gasteiger partial charge in [0.1, 0.15) is 6.04 Å². The molecule has 0 saturated carbocycles. The maximum absolute atomic E-state index is 11.8. The third-order valence-electron chi connectivity index (χ3n) is 2.80. The fourth-order valence-corrected chi connectivity index (χ4v) is 1.89. The third-order valence-corrected chi connectivity index (χ3v) is 2.80. The number of carboxylic acid groups (broad SMARTS) is 1. The normalized spacial score (nSPS) is 21.2. The Morgan fingerprint density at radius 2 is 1.95 bits per heavy atom. The second-order valence-corrected chi connectivity index (χ2v) is 4.07. The zero-order valence-electron chi connectivity index (χ0n) is 10.6. The van der Waals surface area contributed by atoms with Crippen LogP contribution >= 0.6 is 11.6 Å². The minimum Gasteiger partial charge on any atom is -0.480 e. The van der Waals surface area contributed by atoms with Crippen molar-refractivity contribution in [3.05, 3.63) is 35.9 Å². The van der Waals surface area contributed by atoms with Crippen LogP contribution in [0.4, 0.5) is 0 Å². The van der Waals surface area contributed by atoms with Gasteiger partial charge in [0.15, 0.2) is 0 Å². The maximum Gasteiger partial charge on any atom is 0.320 e. The Hall–Kier alpha value is -1.59. The Morgan fingerprint density at radius 1 is 1.32 bits per heavy atom. The summed E-state index contributed by atoms with van der Waals surface area (Å²) in [6, 6.07) is 8.21. The fraction of sp³-hybridized carbons (Fsp3) is 0.385. The minimum absolute atomic E-state index is 0.121. The Balaban J connectivity index is 0.000000861. The first-order chi connectivity index (χ1) is 9.16. The van der Waals surface area contributed by atoms with Crippen LogP contribution in [0.5, 0.6) is 0 Å². The highest BCUT2D eigenvalue weighted by atomic mass is 35.5. The lowest BCUT2D eigenvalue weighted by Crippen LogP contribution is -2.36. The van der Waals surface area contributed by atoms with Crippen LogP contribution in [0, 0.1) is 0 Å². The second-order valence-electron chi connectivity index (χ2n) is 4.07. The number of amides is 1. The average molecular weight is 285 g/mol.